The summed E-state index contributed by atoms with van der Waals surface area (Å²) in [5.74, 6) is 0.234. The Kier molecular flexibility index (Phi) is 5.79. The van der Waals surface area contributed by atoms with Crippen LogP contribution in [0.2, 0.25) is 0 Å². The minimum absolute atomic E-state index is 0.0200. The van der Waals surface area contributed by atoms with Crippen molar-refractivity contribution in [3.8, 4) is 0 Å². The molecule has 0 saturated carbocycles. The molecule has 0 fully saturated rings. The van der Waals surface area contributed by atoms with Crippen LogP contribution in [-0.2, 0) is 0 Å². The monoisotopic (exact) mass is 299 g/mol. The van der Waals surface area contributed by atoms with Crippen molar-refractivity contribution in [3.63, 3.8) is 0 Å². The SMILES string of the molecule is CCNc1nc(C)c([N+](=O)[O-])c(NC(CC)(CO)CO)n1. The van der Waals surface area contributed by atoms with Crippen LogP contribution in [0.5, 0.6) is 0 Å². The molecule has 1 aromatic heterocycles. The first-order chi connectivity index (χ1) is 9.92. The lowest BCUT2D eigenvalue weighted by Crippen LogP contribution is -2.45. The number of aryl methyl sites for hydroxylation is 1. The van der Waals surface area contributed by atoms with Crippen LogP contribution in [0.15, 0.2) is 0 Å². The van der Waals surface area contributed by atoms with Gasteiger partial charge in [0.2, 0.25) is 11.8 Å². The summed E-state index contributed by atoms with van der Waals surface area (Å²) in [6.07, 6.45) is 0.372. The highest BCUT2D eigenvalue weighted by Gasteiger charge is 2.32. The van der Waals surface area contributed by atoms with E-state index in [1.807, 2.05) is 6.92 Å². The van der Waals surface area contributed by atoms with Gasteiger partial charge in [-0.05, 0) is 20.3 Å². The minimum Gasteiger partial charge on any atom is -0.394 e. The predicted molar refractivity (Wildman–Crippen MR) is 78.4 cm³/mol. The fourth-order valence-electron chi connectivity index (χ4n) is 1.80. The molecule has 0 unspecified atom stereocenters. The number of aromatic nitrogens is 2. The van der Waals surface area contributed by atoms with E-state index in [4.69, 9.17) is 0 Å². The van der Waals surface area contributed by atoms with Gasteiger partial charge in [0, 0.05) is 6.54 Å². The standard InChI is InChI=1S/C12H21N5O4/c1-4-12(6-18,7-19)16-10-9(17(20)21)8(3)14-11(15-10)13-5-2/h18-19H,4-7H2,1-3H3,(H2,13,14,15,16). The largest absolute Gasteiger partial charge is 0.394 e. The van der Waals surface area contributed by atoms with Gasteiger partial charge in [-0.15, -0.1) is 0 Å². The molecule has 1 heterocycles. The molecule has 21 heavy (non-hydrogen) atoms. The highest BCUT2D eigenvalue weighted by atomic mass is 16.6. The normalized spacial score (nSPS) is 11.3. The molecule has 9 heteroatoms. The van der Waals surface area contributed by atoms with Crippen LogP contribution in [0.1, 0.15) is 26.0 Å². The smallest absolute Gasteiger partial charge is 0.332 e. The minimum atomic E-state index is -1.07. The number of hydrogen-bond acceptors (Lipinski definition) is 8. The van der Waals surface area contributed by atoms with Gasteiger partial charge in [-0.25, -0.2) is 4.98 Å². The van der Waals surface area contributed by atoms with E-state index in [9.17, 15) is 20.3 Å². The van der Waals surface area contributed by atoms with Gasteiger partial charge in [-0.1, -0.05) is 6.92 Å². The van der Waals surface area contributed by atoms with E-state index in [0.29, 0.717) is 13.0 Å². The summed E-state index contributed by atoms with van der Waals surface area (Å²) in [7, 11) is 0. The molecule has 9 nitrogen and oxygen atoms in total. The second-order valence-corrected chi connectivity index (χ2v) is 4.69. The second-order valence-electron chi connectivity index (χ2n) is 4.69. The van der Waals surface area contributed by atoms with Crippen molar-refractivity contribution >= 4 is 17.5 Å². The molecule has 118 valence electrons. The number of nitro groups is 1. The van der Waals surface area contributed by atoms with Gasteiger partial charge >= 0.3 is 5.69 Å². The molecule has 4 N–H and O–H groups in total. The average molecular weight is 299 g/mol. The zero-order valence-corrected chi connectivity index (χ0v) is 12.4. The average Bonchev–Trinajstić information content (AvgIpc) is 2.44. The number of hydrogen-bond donors (Lipinski definition) is 4. The van der Waals surface area contributed by atoms with Crippen LogP contribution in [0.4, 0.5) is 17.5 Å². The van der Waals surface area contributed by atoms with Crippen molar-refractivity contribution in [2.45, 2.75) is 32.7 Å². The molecule has 0 spiro atoms. The number of aliphatic hydroxyl groups is 2. The molecular weight excluding hydrogens is 278 g/mol. The topological polar surface area (TPSA) is 133 Å². The Morgan fingerprint density at radius 1 is 1.29 bits per heavy atom. The lowest BCUT2D eigenvalue weighted by atomic mass is 9.98. The van der Waals surface area contributed by atoms with E-state index < -0.39 is 10.5 Å². The number of aliphatic hydroxyl groups excluding tert-OH is 2. The first-order valence-corrected chi connectivity index (χ1v) is 6.69. The Hall–Kier alpha value is -2.00. The van der Waals surface area contributed by atoms with E-state index in [1.54, 1.807) is 6.92 Å². The van der Waals surface area contributed by atoms with E-state index in [1.165, 1.54) is 6.92 Å². The maximum absolute atomic E-state index is 11.2. The quantitative estimate of drug-likeness (QED) is 0.406. The molecule has 0 aliphatic heterocycles. The van der Waals surface area contributed by atoms with E-state index in [0.717, 1.165) is 0 Å². The van der Waals surface area contributed by atoms with E-state index in [2.05, 4.69) is 20.6 Å². The molecule has 0 saturated heterocycles. The van der Waals surface area contributed by atoms with Crippen LogP contribution in [0.3, 0.4) is 0 Å². The summed E-state index contributed by atoms with van der Waals surface area (Å²) in [5.41, 5.74) is -1.14. The number of rotatable bonds is 8. The lowest BCUT2D eigenvalue weighted by molar-refractivity contribution is -0.385. The molecule has 0 aliphatic rings. The van der Waals surface area contributed by atoms with E-state index >= 15 is 0 Å². The molecule has 0 aliphatic carbocycles. The Bertz CT molecular complexity index is 496. The van der Waals surface area contributed by atoms with Crippen molar-refractivity contribution < 1.29 is 15.1 Å². The third kappa shape index (κ3) is 3.76. The molecule has 0 atom stereocenters. The highest BCUT2D eigenvalue weighted by Crippen LogP contribution is 2.29. The maximum Gasteiger partial charge on any atom is 0.332 e. The zero-order chi connectivity index (χ0) is 16.0. The van der Waals surface area contributed by atoms with E-state index in [-0.39, 0.29) is 36.4 Å². The van der Waals surface area contributed by atoms with Crippen LogP contribution < -0.4 is 10.6 Å². The van der Waals surface area contributed by atoms with Crippen LogP contribution in [0, 0.1) is 17.0 Å². The van der Waals surface area contributed by atoms with Gasteiger partial charge in [0.15, 0.2) is 0 Å². The lowest BCUT2D eigenvalue weighted by Gasteiger charge is -2.30. The Labute approximate surface area is 122 Å². The molecule has 1 rings (SSSR count). The first kappa shape index (κ1) is 17.1. The molecule has 0 radical (unpaired) electrons. The van der Waals surface area contributed by atoms with Gasteiger partial charge < -0.3 is 20.8 Å². The summed E-state index contributed by atoms with van der Waals surface area (Å²) < 4.78 is 0. The molecule has 0 aromatic carbocycles. The summed E-state index contributed by atoms with van der Waals surface area (Å²) in [6.45, 7) is 4.93. The van der Waals surface area contributed by atoms with Crippen LogP contribution in [0.25, 0.3) is 0 Å². The third-order valence-corrected chi connectivity index (χ3v) is 3.24. The van der Waals surface area contributed by atoms with Crippen molar-refractivity contribution in [2.24, 2.45) is 0 Å². The Morgan fingerprint density at radius 2 is 1.90 bits per heavy atom. The fourth-order valence-corrected chi connectivity index (χ4v) is 1.80. The van der Waals surface area contributed by atoms with Crippen LogP contribution in [-0.4, -0.2) is 50.4 Å². The zero-order valence-electron chi connectivity index (χ0n) is 12.4. The molecule has 0 amide bonds. The third-order valence-electron chi connectivity index (χ3n) is 3.24. The van der Waals surface area contributed by atoms with Crippen LogP contribution >= 0.6 is 0 Å². The van der Waals surface area contributed by atoms with Gasteiger partial charge in [0.25, 0.3) is 0 Å². The fraction of sp³-hybridized carbons (Fsp3) is 0.667. The van der Waals surface area contributed by atoms with Crippen molar-refractivity contribution in [1.82, 2.24) is 9.97 Å². The highest BCUT2D eigenvalue weighted by molar-refractivity contribution is 5.62. The Morgan fingerprint density at radius 3 is 2.33 bits per heavy atom. The summed E-state index contributed by atoms with van der Waals surface area (Å²) in [5, 5.41) is 35.8. The van der Waals surface area contributed by atoms with Gasteiger partial charge in [0.1, 0.15) is 5.69 Å². The summed E-state index contributed by atoms with van der Waals surface area (Å²) in [6, 6.07) is 0. The second kappa shape index (κ2) is 7.14. The maximum atomic E-state index is 11.2. The number of nitrogens with one attached hydrogen (secondary N) is 2. The summed E-state index contributed by atoms with van der Waals surface area (Å²) in [4.78, 5) is 18.7. The van der Waals surface area contributed by atoms with Crippen molar-refractivity contribution in [2.75, 3.05) is 30.4 Å². The number of anilines is 2. The molecule has 0 bridgehead atoms. The first-order valence-electron chi connectivity index (χ1n) is 6.69. The predicted octanol–water partition coefficient (Wildman–Crippen LogP) is 0.670. The van der Waals surface area contributed by atoms with Gasteiger partial charge in [-0.2, -0.15) is 4.98 Å². The molecular formula is C12H21N5O4. The van der Waals surface area contributed by atoms with Gasteiger partial charge in [-0.3, -0.25) is 10.1 Å². The van der Waals surface area contributed by atoms with Crippen molar-refractivity contribution in [3.05, 3.63) is 15.8 Å². The van der Waals surface area contributed by atoms with Crippen molar-refractivity contribution in [1.29, 1.82) is 0 Å². The Balaban J connectivity index is 3.33. The molecule has 1 aromatic rings. The van der Waals surface area contributed by atoms with Gasteiger partial charge in [0.05, 0.1) is 23.7 Å². The number of nitrogens with zero attached hydrogens (tertiary/aromatic N) is 3. The summed E-state index contributed by atoms with van der Waals surface area (Å²) >= 11 is 0.